The van der Waals surface area contributed by atoms with Gasteiger partial charge in [-0.05, 0) is 30.5 Å². The summed E-state index contributed by atoms with van der Waals surface area (Å²) >= 11 is 0. The summed E-state index contributed by atoms with van der Waals surface area (Å²) in [6.07, 6.45) is 0.604. The first kappa shape index (κ1) is 10.8. The molecular formula is C12H16O2. The highest BCUT2D eigenvalue weighted by Gasteiger charge is 2.07. The summed E-state index contributed by atoms with van der Waals surface area (Å²) in [6.45, 7) is 3.68. The molecule has 0 bridgehead atoms. The number of benzene rings is 1. The van der Waals surface area contributed by atoms with Crippen LogP contribution in [0.15, 0.2) is 24.3 Å². The molecule has 1 rings (SSSR count). The van der Waals surface area contributed by atoms with Gasteiger partial charge >= 0.3 is 0 Å². The van der Waals surface area contributed by atoms with Crippen LogP contribution in [0.25, 0.3) is 0 Å². The van der Waals surface area contributed by atoms with E-state index in [0.29, 0.717) is 12.3 Å². The smallest absolute Gasteiger partial charge is 0.130 e. The van der Waals surface area contributed by atoms with Gasteiger partial charge in [-0.25, -0.2) is 0 Å². The average Bonchev–Trinajstić information content (AvgIpc) is 2.17. The Kier molecular flexibility index (Phi) is 3.69. The number of rotatable bonds is 4. The van der Waals surface area contributed by atoms with Gasteiger partial charge in [0.15, 0.2) is 0 Å². The van der Waals surface area contributed by atoms with Crippen LogP contribution in [0, 0.1) is 0 Å². The molecule has 1 atom stereocenters. The molecule has 1 unspecified atom stereocenters. The van der Waals surface area contributed by atoms with E-state index in [-0.39, 0.29) is 5.78 Å². The van der Waals surface area contributed by atoms with Crippen LogP contribution in [0.2, 0.25) is 0 Å². The molecule has 1 aromatic rings. The standard InChI is InChI=1S/C12H16O2/c1-9(8-10(2)13)11-4-6-12(14-3)7-5-11/h4-7,9H,8H2,1-3H3. The van der Waals surface area contributed by atoms with E-state index < -0.39 is 0 Å². The Bertz CT molecular complexity index is 301. The second kappa shape index (κ2) is 4.80. The molecule has 0 spiro atoms. The van der Waals surface area contributed by atoms with Gasteiger partial charge in [0.05, 0.1) is 7.11 Å². The third kappa shape index (κ3) is 2.87. The Morgan fingerprint density at radius 1 is 1.36 bits per heavy atom. The molecule has 14 heavy (non-hydrogen) atoms. The van der Waals surface area contributed by atoms with E-state index in [1.807, 2.05) is 24.3 Å². The molecule has 0 aliphatic rings. The predicted octanol–water partition coefficient (Wildman–Crippen LogP) is 2.78. The largest absolute Gasteiger partial charge is 0.497 e. The van der Waals surface area contributed by atoms with Gasteiger partial charge < -0.3 is 9.53 Å². The quantitative estimate of drug-likeness (QED) is 0.733. The van der Waals surface area contributed by atoms with Gasteiger partial charge in [0.1, 0.15) is 11.5 Å². The van der Waals surface area contributed by atoms with Gasteiger partial charge in [0.25, 0.3) is 0 Å². The Morgan fingerprint density at radius 2 is 1.93 bits per heavy atom. The number of methoxy groups -OCH3 is 1. The van der Waals surface area contributed by atoms with Crippen LogP contribution >= 0.6 is 0 Å². The molecule has 0 amide bonds. The first-order valence-corrected chi connectivity index (χ1v) is 4.77. The fraction of sp³-hybridized carbons (Fsp3) is 0.417. The second-order valence-corrected chi connectivity index (χ2v) is 3.58. The van der Waals surface area contributed by atoms with Crippen molar-refractivity contribution >= 4 is 5.78 Å². The Morgan fingerprint density at radius 3 is 2.36 bits per heavy atom. The number of carbonyl (C=O) groups excluding carboxylic acids is 1. The fourth-order valence-electron chi connectivity index (χ4n) is 1.48. The minimum absolute atomic E-state index is 0.230. The summed E-state index contributed by atoms with van der Waals surface area (Å²) in [5.74, 6) is 1.37. The SMILES string of the molecule is COc1ccc(C(C)CC(C)=O)cc1. The summed E-state index contributed by atoms with van der Waals surface area (Å²) < 4.78 is 5.06. The summed E-state index contributed by atoms with van der Waals surface area (Å²) in [4.78, 5) is 10.9. The minimum atomic E-state index is 0.230. The second-order valence-electron chi connectivity index (χ2n) is 3.58. The maximum Gasteiger partial charge on any atom is 0.130 e. The molecule has 2 nitrogen and oxygen atoms in total. The Hall–Kier alpha value is -1.31. The van der Waals surface area contributed by atoms with Crippen molar-refractivity contribution in [2.45, 2.75) is 26.2 Å². The van der Waals surface area contributed by atoms with Gasteiger partial charge in [0.2, 0.25) is 0 Å². The van der Waals surface area contributed by atoms with Crippen molar-refractivity contribution in [3.8, 4) is 5.75 Å². The zero-order valence-electron chi connectivity index (χ0n) is 8.91. The molecule has 0 N–H and O–H groups in total. The summed E-state index contributed by atoms with van der Waals surface area (Å²) in [7, 11) is 1.65. The molecule has 0 radical (unpaired) electrons. The summed E-state index contributed by atoms with van der Waals surface area (Å²) in [6, 6.07) is 7.86. The third-order valence-corrected chi connectivity index (χ3v) is 2.28. The first-order valence-electron chi connectivity index (χ1n) is 4.77. The third-order valence-electron chi connectivity index (χ3n) is 2.28. The predicted molar refractivity (Wildman–Crippen MR) is 56.7 cm³/mol. The highest BCUT2D eigenvalue weighted by Crippen LogP contribution is 2.21. The van der Waals surface area contributed by atoms with Crippen LogP contribution in [-0.2, 0) is 4.79 Å². The van der Waals surface area contributed by atoms with E-state index in [9.17, 15) is 4.79 Å². The molecule has 1 aromatic carbocycles. The fourth-order valence-corrected chi connectivity index (χ4v) is 1.48. The Labute approximate surface area is 84.9 Å². The van der Waals surface area contributed by atoms with Crippen molar-refractivity contribution in [1.82, 2.24) is 0 Å². The first-order chi connectivity index (χ1) is 6.63. The van der Waals surface area contributed by atoms with Crippen molar-refractivity contribution in [2.24, 2.45) is 0 Å². The zero-order chi connectivity index (χ0) is 10.6. The number of carbonyl (C=O) groups is 1. The van der Waals surface area contributed by atoms with Crippen molar-refractivity contribution < 1.29 is 9.53 Å². The van der Waals surface area contributed by atoms with E-state index in [1.165, 1.54) is 5.56 Å². The molecule has 76 valence electrons. The van der Waals surface area contributed by atoms with Gasteiger partial charge in [-0.2, -0.15) is 0 Å². The molecule has 0 fully saturated rings. The van der Waals surface area contributed by atoms with Crippen molar-refractivity contribution in [3.05, 3.63) is 29.8 Å². The maximum atomic E-state index is 10.9. The van der Waals surface area contributed by atoms with Crippen molar-refractivity contribution in [1.29, 1.82) is 0 Å². The normalized spacial score (nSPS) is 12.2. The van der Waals surface area contributed by atoms with E-state index >= 15 is 0 Å². The lowest BCUT2D eigenvalue weighted by Gasteiger charge is -2.10. The van der Waals surface area contributed by atoms with Gasteiger partial charge in [0, 0.05) is 6.42 Å². The molecule has 0 aliphatic heterocycles. The topological polar surface area (TPSA) is 26.3 Å². The molecule has 0 saturated heterocycles. The molecule has 0 aliphatic carbocycles. The van der Waals surface area contributed by atoms with Gasteiger partial charge in [-0.3, -0.25) is 0 Å². The number of ketones is 1. The van der Waals surface area contributed by atoms with E-state index in [1.54, 1.807) is 14.0 Å². The average molecular weight is 192 g/mol. The Balaban J connectivity index is 2.71. The molecular weight excluding hydrogens is 176 g/mol. The van der Waals surface area contributed by atoms with E-state index in [0.717, 1.165) is 5.75 Å². The number of hydrogen-bond donors (Lipinski definition) is 0. The van der Waals surface area contributed by atoms with Crippen molar-refractivity contribution in [3.63, 3.8) is 0 Å². The van der Waals surface area contributed by atoms with Crippen LogP contribution in [-0.4, -0.2) is 12.9 Å². The lowest BCUT2D eigenvalue weighted by molar-refractivity contribution is -0.117. The van der Waals surface area contributed by atoms with Crippen LogP contribution in [0.1, 0.15) is 31.7 Å². The molecule has 2 heteroatoms. The van der Waals surface area contributed by atoms with Gasteiger partial charge in [-0.15, -0.1) is 0 Å². The van der Waals surface area contributed by atoms with E-state index in [4.69, 9.17) is 4.74 Å². The highest BCUT2D eigenvalue weighted by molar-refractivity contribution is 5.76. The van der Waals surface area contributed by atoms with Crippen LogP contribution in [0.3, 0.4) is 0 Å². The van der Waals surface area contributed by atoms with Crippen LogP contribution in [0.4, 0.5) is 0 Å². The number of Topliss-reactive ketones (excluding diaryl/α,β-unsaturated/α-hetero) is 1. The molecule has 0 heterocycles. The summed E-state index contributed by atoms with van der Waals surface area (Å²) in [5, 5.41) is 0. The van der Waals surface area contributed by atoms with Crippen LogP contribution < -0.4 is 4.74 Å². The number of hydrogen-bond acceptors (Lipinski definition) is 2. The van der Waals surface area contributed by atoms with Crippen molar-refractivity contribution in [2.75, 3.05) is 7.11 Å². The molecule has 0 aromatic heterocycles. The zero-order valence-corrected chi connectivity index (χ0v) is 8.91. The lowest BCUT2D eigenvalue weighted by Crippen LogP contribution is -2.00. The maximum absolute atomic E-state index is 10.9. The van der Waals surface area contributed by atoms with Crippen LogP contribution in [0.5, 0.6) is 5.75 Å². The highest BCUT2D eigenvalue weighted by atomic mass is 16.5. The monoisotopic (exact) mass is 192 g/mol. The molecule has 0 saturated carbocycles. The van der Waals surface area contributed by atoms with E-state index in [2.05, 4.69) is 6.92 Å². The minimum Gasteiger partial charge on any atom is -0.497 e. The van der Waals surface area contributed by atoms with Gasteiger partial charge in [-0.1, -0.05) is 19.1 Å². The summed E-state index contributed by atoms with van der Waals surface area (Å²) in [5.41, 5.74) is 1.18. The number of ether oxygens (including phenoxy) is 1. The lowest BCUT2D eigenvalue weighted by atomic mass is 9.96.